The summed E-state index contributed by atoms with van der Waals surface area (Å²) in [6.07, 6.45) is 4.99. The second-order valence-corrected chi connectivity index (χ2v) is 4.87. The second-order valence-electron chi connectivity index (χ2n) is 4.87. The van der Waals surface area contributed by atoms with E-state index in [0.29, 0.717) is 6.54 Å². The Balaban J connectivity index is 2.00. The van der Waals surface area contributed by atoms with Gasteiger partial charge in [0.1, 0.15) is 5.82 Å². The van der Waals surface area contributed by atoms with E-state index >= 15 is 0 Å². The fourth-order valence-corrected chi connectivity index (χ4v) is 2.59. The van der Waals surface area contributed by atoms with Crippen molar-refractivity contribution in [3.05, 3.63) is 35.2 Å². The van der Waals surface area contributed by atoms with Gasteiger partial charge in [0.25, 0.3) is 0 Å². The van der Waals surface area contributed by atoms with Gasteiger partial charge >= 0.3 is 0 Å². The molecule has 1 heterocycles. The molecule has 0 saturated carbocycles. The molecule has 0 unspecified atom stereocenters. The molecule has 0 bridgehead atoms. The molecule has 94 valence electrons. The molecular weight excluding hydrogens is 224 g/mol. The zero-order valence-electron chi connectivity index (χ0n) is 10.7. The van der Waals surface area contributed by atoms with Crippen LogP contribution in [0.25, 0.3) is 11.4 Å². The Kier molecular flexibility index (Phi) is 2.88. The zero-order valence-corrected chi connectivity index (χ0v) is 10.7. The molecule has 0 spiro atoms. The van der Waals surface area contributed by atoms with Gasteiger partial charge in [-0.25, -0.2) is 4.98 Å². The fraction of sp³-hybridized carbons (Fsp3) is 0.429. The first-order valence-electron chi connectivity index (χ1n) is 6.50. The lowest BCUT2D eigenvalue weighted by molar-refractivity contribution is 0.685. The molecule has 1 aliphatic carbocycles. The molecule has 1 aromatic carbocycles. The van der Waals surface area contributed by atoms with Crippen molar-refractivity contribution in [2.45, 2.75) is 32.2 Å². The summed E-state index contributed by atoms with van der Waals surface area (Å²) >= 11 is 0. The van der Waals surface area contributed by atoms with Crippen LogP contribution in [0.2, 0.25) is 0 Å². The largest absolute Gasteiger partial charge is 0.324 e. The van der Waals surface area contributed by atoms with Crippen LogP contribution in [0.5, 0.6) is 0 Å². The average Bonchev–Trinajstić information content (AvgIpc) is 2.79. The summed E-state index contributed by atoms with van der Waals surface area (Å²) in [6, 6.07) is 6.59. The van der Waals surface area contributed by atoms with Gasteiger partial charge in [-0.1, -0.05) is 12.1 Å². The molecule has 2 N–H and O–H groups in total. The quantitative estimate of drug-likeness (QED) is 0.874. The van der Waals surface area contributed by atoms with Crippen molar-refractivity contribution in [1.82, 2.24) is 14.8 Å². The second kappa shape index (κ2) is 4.53. The van der Waals surface area contributed by atoms with E-state index in [-0.39, 0.29) is 0 Å². The van der Waals surface area contributed by atoms with E-state index in [1.54, 1.807) is 4.68 Å². The molecule has 1 aliphatic rings. The molecule has 0 fully saturated rings. The molecule has 0 amide bonds. The molecule has 0 atom stereocenters. The Morgan fingerprint density at radius 3 is 2.72 bits per heavy atom. The standard InChI is InChI=1S/C14H18N4/c1-18-13(9-15)16-14(17-18)12-7-6-10-4-2-3-5-11(10)8-12/h6-8H,2-5,9,15H2,1H3. The Hall–Kier alpha value is -1.68. The summed E-state index contributed by atoms with van der Waals surface area (Å²) in [6.45, 7) is 0.425. The lowest BCUT2D eigenvalue weighted by Crippen LogP contribution is -2.05. The summed E-state index contributed by atoms with van der Waals surface area (Å²) in [5.74, 6) is 1.61. The van der Waals surface area contributed by atoms with Crippen LogP contribution in [0.4, 0.5) is 0 Å². The first-order chi connectivity index (χ1) is 8.78. The topological polar surface area (TPSA) is 56.7 Å². The molecule has 0 aliphatic heterocycles. The summed E-state index contributed by atoms with van der Waals surface area (Å²) in [4.78, 5) is 4.47. The Morgan fingerprint density at radius 1 is 1.22 bits per heavy atom. The minimum atomic E-state index is 0.425. The van der Waals surface area contributed by atoms with Gasteiger partial charge in [0.2, 0.25) is 0 Å². The van der Waals surface area contributed by atoms with Gasteiger partial charge < -0.3 is 5.73 Å². The van der Waals surface area contributed by atoms with Gasteiger partial charge in [-0.05, 0) is 42.9 Å². The number of aryl methyl sites for hydroxylation is 3. The Morgan fingerprint density at radius 2 is 2.00 bits per heavy atom. The number of fused-ring (bicyclic) bond motifs is 1. The van der Waals surface area contributed by atoms with Gasteiger partial charge in [-0.3, -0.25) is 4.68 Å². The van der Waals surface area contributed by atoms with Crippen LogP contribution in [-0.2, 0) is 26.4 Å². The molecule has 4 heteroatoms. The highest BCUT2D eigenvalue weighted by Gasteiger charge is 2.13. The molecule has 18 heavy (non-hydrogen) atoms. The first-order valence-corrected chi connectivity index (χ1v) is 6.50. The van der Waals surface area contributed by atoms with Gasteiger partial charge in [0.15, 0.2) is 5.82 Å². The lowest BCUT2D eigenvalue weighted by Gasteiger charge is -2.15. The van der Waals surface area contributed by atoms with E-state index in [1.807, 2.05) is 7.05 Å². The van der Waals surface area contributed by atoms with E-state index < -0.39 is 0 Å². The van der Waals surface area contributed by atoms with Crippen LogP contribution in [0.1, 0.15) is 29.8 Å². The predicted octanol–water partition coefficient (Wildman–Crippen LogP) is 1.82. The number of nitrogens with two attached hydrogens (primary N) is 1. The number of hydrogen-bond donors (Lipinski definition) is 1. The lowest BCUT2D eigenvalue weighted by atomic mass is 9.90. The maximum absolute atomic E-state index is 5.63. The molecule has 3 rings (SSSR count). The van der Waals surface area contributed by atoms with Crippen molar-refractivity contribution < 1.29 is 0 Å². The zero-order chi connectivity index (χ0) is 12.5. The molecule has 1 aromatic heterocycles. The van der Waals surface area contributed by atoms with Gasteiger partial charge in [0.05, 0.1) is 6.54 Å². The van der Waals surface area contributed by atoms with Crippen molar-refractivity contribution in [3.63, 3.8) is 0 Å². The van der Waals surface area contributed by atoms with Crippen molar-refractivity contribution in [3.8, 4) is 11.4 Å². The van der Waals surface area contributed by atoms with E-state index in [4.69, 9.17) is 5.73 Å². The third-order valence-corrected chi connectivity index (χ3v) is 3.64. The summed E-state index contributed by atoms with van der Waals surface area (Å²) in [5.41, 5.74) is 9.68. The van der Waals surface area contributed by atoms with Crippen molar-refractivity contribution in [2.75, 3.05) is 0 Å². The highest BCUT2D eigenvalue weighted by Crippen LogP contribution is 2.25. The van der Waals surface area contributed by atoms with Crippen molar-refractivity contribution in [1.29, 1.82) is 0 Å². The van der Waals surface area contributed by atoms with Crippen LogP contribution in [0.3, 0.4) is 0 Å². The molecular formula is C14H18N4. The highest BCUT2D eigenvalue weighted by atomic mass is 15.3. The number of aromatic nitrogens is 3. The smallest absolute Gasteiger partial charge is 0.181 e. The third-order valence-electron chi connectivity index (χ3n) is 3.64. The molecule has 2 aromatic rings. The third kappa shape index (κ3) is 1.93. The van der Waals surface area contributed by atoms with Crippen LogP contribution in [-0.4, -0.2) is 14.8 Å². The van der Waals surface area contributed by atoms with Crippen LogP contribution >= 0.6 is 0 Å². The fourth-order valence-electron chi connectivity index (χ4n) is 2.59. The van der Waals surface area contributed by atoms with Crippen LogP contribution in [0.15, 0.2) is 18.2 Å². The van der Waals surface area contributed by atoms with E-state index in [1.165, 1.54) is 36.8 Å². The highest BCUT2D eigenvalue weighted by molar-refractivity contribution is 5.57. The average molecular weight is 242 g/mol. The van der Waals surface area contributed by atoms with Crippen molar-refractivity contribution >= 4 is 0 Å². The summed E-state index contributed by atoms with van der Waals surface area (Å²) in [5, 5.41) is 4.43. The van der Waals surface area contributed by atoms with E-state index in [0.717, 1.165) is 17.2 Å². The maximum Gasteiger partial charge on any atom is 0.181 e. The Bertz CT molecular complexity index is 571. The van der Waals surface area contributed by atoms with Gasteiger partial charge in [-0.2, -0.15) is 5.10 Å². The van der Waals surface area contributed by atoms with E-state index in [2.05, 4.69) is 28.3 Å². The van der Waals surface area contributed by atoms with Gasteiger partial charge in [-0.15, -0.1) is 0 Å². The van der Waals surface area contributed by atoms with Gasteiger partial charge in [0, 0.05) is 12.6 Å². The van der Waals surface area contributed by atoms with Crippen molar-refractivity contribution in [2.24, 2.45) is 12.8 Å². The number of hydrogen-bond acceptors (Lipinski definition) is 3. The maximum atomic E-state index is 5.63. The minimum absolute atomic E-state index is 0.425. The number of rotatable bonds is 2. The predicted molar refractivity (Wildman–Crippen MR) is 71.0 cm³/mol. The number of benzene rings is 1. The summed E-state index contributed by atoms with van der Waals surface area (Å²) < 4.78 is 1.76. The summed E-state index contributed by atoms with van der Waals surface area (Å²) in [7, 11) is 1.89. The minimum Gasteiger partial charge on any atom is -0.324 e. The van der Waals surface area contributed by atoms with Crippen LogP contribution < -0.4 is 5.73 Å². The van der Waals surface area contributed by atoms with E-state index in [9.17, 15) is 0 Å². The SMILES string of the molecule is Cn1nc(-c2ccc3c(c2)CCCC3)nc1CN. The monoisotopic (exact) mass is 242 g/mol. The molecule has 0 saturated heterocycles. The number of nitrogens with zero attached hydrogens (tertiary/aromatic N) is 3. The molecule has 0 radical (unpaired) electrons. The first kappa shape index (κ1) is 11.4. The Labute approximate surface area is 107 Å². The van der Waals surface area contributed by atoms with Crippen LogP contribution in [0, 0.1) is 0 Å². The normalized spacial score (nSPS) is 14.6. The molecule has 4 nitrogen and oxygen atoms in total.